The van der Waals surface area contributed by atoms with Gasteiger partial charge in [-0.15, -0.1) is 0 Å². The minimum atomic E-state index is -1.27. The summed E-state index contributed by atoms with van der Waals surface area (Å²) in [6.45, 7) is 3.98. The number of aliphatic hydroxyl groups excluding tert-OH is 1. The van der Waals surface area contributed by atoms with Crippen molar-refractivity contribution >= 4 is 12.0 Å². The van der Waals surface area contributed by atoms with Crippen LogP contribution in [0.2, 0.25) is 0 Å². The van der Waals surface area contributed by atoms with Crippen molar-refractivity contribution in [1.82, 2.24) is 10.6 Å². The van der Waals surface area contributed by atoms with E-state index in [1.54, 1.807) is 0 Å². The number of aliphatic carboxylic acids is 1. The van der Waals surface area contributed by atoms with Gasteiger partial charge in [0.2, 0.25) is 0 Å². The Balaban J connectivity index is 2.39. The van der Waals surface area contributed by atoms with Crippen LogP contribution in [0.3, 0.4) is 0 Å². The molecule has 2 amide bonds. The number of rotatable bonds is 6. The van der Waals surface area contributed by atoms with Gasteiger partial charge in [0.1, 0.15) is 0 Å². The predicted molar refractivity (Wildman–Crippen MR) is 66.2 cm³/mol. The first kappa shape index (κ1) is 14.8. The molecule has 1 rings (SSSR count). The van der Waals surface area contributed by atoms with Crippen LogP contribution >= 0.6 is 0 Å². The van der Waals surface area contributed by atoms with Crippen molar-refractivity contribution in [2.45, 2.75) is 51.7 Å². The molecule has 6 nitrogen and oxygen atoms in total. The number of hydrogen-bond acceptors (Lipinski definition) is 3. The first-order chi connectivity index (χ1) is 8.40. The van der Waals surface area contributed by atoms with E-state index in [2.05, 4.69) is 17.6 Å². The predicted octanol–water partition coefficient (Wildman–Crippen LogP) is 0.700. The summed E-state index contributed by atoms with van der Waals surface area (Å²) >= 11 is 0. The van der Waals surface area contributed by atoms with Crippen molar-refractivity contribution < 1.29 is 19.8 Å². The van der Waals surface area contributed by atoms with Crippen LogP contribution in [0.4, 0.5) is 4.79 Å². The van der Waals surface area contributed by atoms with Gasteiger partial charge in [0.05, 0.1) is 6.10 Å². The van der Waals surface area contributed by atoms with Crippen LogP contribution in [0, 0.1) is 5.41 Å². The Morgan fingerprint density at radius 2 is 2.00 bits per heavy atom. The van der Waals surface area contributed by atoms with Crippen molar-refractivity contribution in [3.63, 3.8) is 0 Å². The van der Waals surface area contributed by atoms with Crippen LogP contribution < -0.4 is 10.6 Å². The van der Waals surface area contributed by atoms with Crippen molar-refractivity contribution in [1.29, 1.82) is 0 Å². The summed E-state index contributed by atoms with van der Waals surface area (Å²) in [6.07, 6.45) is 3.26. The lowest BCUT2D eigenvalue weighted by Crippen LogP contribution is -2.53. The third-order valence-electron chi connectivity index (χ3n) is 3.82. The van der Waals surface area contributed by atoms with E-state index in [1.807, 2.05) is 0 Å². The summed E-state index contributed by atoms with van der Waals surface area (Å²) in [6, 6.07) is -1.81. The average Bonchev–Trinajstić information content (AvgIpc) is 2.24. The lowest BCUT2D eigenvalue weighted by atomic mass is 9.67. The van der Waals surface area contributed by atoms with Crippen LogP contribution in [-0.4, -0.2) is 40.9 Å². The lowest BCUT2D eigenvalue weighted by Gasteiger charge is -2.41. The molecule has 1 fully saturated rings. The highest BCUT2D eigenvalue weighted by Crippen LogP contribution is 2.42. The summed E-state index contributed by atoms with van der Waals surface area (Å²) in [5.74, 6) is -1.24. The highest BCUT2D eigenvalue weighted by atomic mass is 16.4. The number of urea groups is 1. The molecule has 1 aliphatic carbocycles. The minimum Gasteiger partial charge on any atom is -0.480 e. The average molecular weight is 258 g/mol. The molecule has 1 aliphatic rings. The van der Waals surface area contributed by atoms with Crippen molar-refractivity contribution in [2.75, 3.05) is 6.54 Å². The highest BCUT2D eigenvalue weighted by molar-refractivity contribution is 5.82. The van der Waals surface area contributed by atoms with E-state index in [9.17, 15) is 14.7 Å². The topological polar surface area (TPSA) is 98.7 Å². The standard InChI is InChI=1S/C12H22N2O4/c1-3-12(5-4-6-12)7-13-11(18)14-9(8(2)15)10(16)17/h8-9,15H,3-7H2,1-2H3,(H,16,17)(H2,13,14,18). The van der Waals surface area contributed by atoms with E-state index in [1.165, 1.54) is 13.3 Å². The van der Waals surface area contributed by atoms with Gasteiger partial charge < -0.3 is 20.8 Å². The Morgan fingerprint density at radius 3 is 2.33 bits per heavy atom. The fraction of sp³-hybridized carbons (Fsp3) is 0.833. The van der Waals surface area contributed by atoms with E-state index < -0.39 is 24.1 Å². The smallest absolute Gasteiger partial charge is 0.328 e. The number of carbonyl (C=O) groups is 2. The molecule has 0 aromatic rings. The molecule has 1 saturated carbocycles. The van der Waals surface area contributed by atoms with E-state index in [-0.39, 0.29) is 5.41 Å². The maximum absolute atomic E-state index is 11.6. The second-order valence-electron chi connectivity index (χ2n) is 5.09. The fourth-order valence-corrected chi connectivity index (χ4v) is 2.18. The lowest BCUT2D eigenvalue weighted by molar-refractivity contribution is -0.141. The van der Waals surface area contributed by atoms with Crippen LogP contribution in [0.1, 0.15) is 39.5 Å². The molecule has 0 aromatic heterocycles. The SMILES string of the molecule is CCC1(CNC(=O)NC(C(=O)O)C(C)O)CCC1. The molecule has 4 N–H and O–H groups in total. The molecule has 0 aromatic carbocycles. The summed E-state index contributed by atoms with van der Waals surface area (Å²) in [5, 5.41) is 23.0. The van der Waals surface area contributed by atoms with Gasteiger partial charge in [0, 0.05) is 6.54 Å². The largest absolute Gasteiger partial charge is 0.480 e. The Hall–Kier alpha value is -1.30. The highest BCUT2D eigenvalue weighted by Gasteiger charge is 2.35. The molecule has 0 heterocycles. The van der Waals surface area contributed by atoms with Gasteiger partial charge in [-0.25, -0.2) is 9.59 Å². The summed E-state index contributed by atoms with van der Waals surface area (Å²) in [7, 11) is 0. The molecule has 0 bridgehead atoms. The molecule has 104 valence electrons. The second-order valence-corrected chi connectivity index (χ2v) is 5.09. The molecule has 0 spiro atoms. The molecular weight excluding hydrogens is 236 g/mol. The molecule has 6 heteroatoms. The quantitative estimate of drug-likeness (QED) is 0.563. The number of amides is 2. The van der Waals surface area contributed by atoms with E-state index in [0.29, 0.717) is 6.54 Å². The second kappa shape index (κ2) is 6.04. The Kier molecular flexibility index (Phi) is 4.95. The van der Waals surface area contributed by atoms with E-state index in [4.69, 9.17) is 5.11 Å². The van der Waals surface area contributed by atoms with Gasteiger partial charge in [-0.3, -0.25) is 0 Å². The number of aliphatic hydroxyl groups is 1. The number of carboxylic acids is 1. The van der Waals surface area contributed by atoms with Gasteiger partial charge in [0.15, 0.2) is 6.04 Å². The molecule has 2 unspecified atom stereocenters. The summed E-state index contributed by atoms with van der Waals surface area (Å²) < 4.78 is 0. The Labute approximate surface area is 107 Å². The van der Waals surface area contributed by atoms with Crippen molar-refractivity contribution in [3.05, 3.63) is 0 Å². The normalized spacial score (nSPS) is 20.4. The third-order valence-corrected chi connectivity index (χ3v) is 3.82. The van der Waals surface area contributed by atoms with Crippen molar-refractivity contribution in [3.8, 4) is 0 Å². The van der Waals surface area contributed by atoms with Crippen LogP contribution in [0.25, 0.3) is 0 Å². The molecule has 0 aliphatic heterocycles. The van der Waals surface area contributed by atoms with Gasteiger partial charge in [0.25, 0.3) is 0 Å². The number of carbonyl (C=O) groups excluding carboxylic acids is 1. The van der Waals surface area contributed by atoms with Crippen molar-refractivity contribution in [2.24, 2.45) is 5.41 Å². The first-order valence-corrected chi connectivity index (χ1v) is 6.35. The molecule has 2 atom stereocenters. The molecule has 18 heavy (non-hydrogen) atoms. The monoisotopic (exact) mass is 258 g/mol. The summed E-state index contributed by atoms with van der Waals surface area (Å²) in [4.78, 5) is 22.4. The summed E-state index contributed by atoms with van der Waals surface area (Å²) in [5.41, 5.74) is 0.181. The minimum absolute atomic E-state index is 0.181. The molecule has 0 saturated heterocycles. The van der Waals surface area contributed by atoms with Gasteiger partial charge in [-0.1, -0.05) is 13.3 Å². The first-order valence-electron chi connectivity index (χ1n) is 6.35. The van der Waals surface area contributed by atoms with Crippen LogP contribution in [0.15, 0.2) is 0 Å². The third kappa shape index (κ3) is 3.60. The van der Waals surface area contributed by atoms with Gasteiger partial charge in [-0.2, -0.15) is 0 Å². The van der Waals surface area contributed by atoms with E-state index >= 15 is 0 Å². The molecule has 0 radical (unpaired) electrons. The van der Waals surface area contributed by atoms with E-state index in [0.717, 1.165) is 19.3 Å². The fourth-order valence-electron chi connectivity index (χ4n) is 2.18. The number of hydrogen-bond donors (Lipinski definition) is 4. The zero-order chi connectivity index (χ0) is 13.8. The maximum atomic E-state index is 11.6. The number of carboxylic acid groups (broad SMARTS) is 1. The Morgan fingerprint density at radius 1 is 1.39 bits per heavy atom. The zero-order valence-corrected chi connectivity index (χ0v) is 10.9. The zero-order valence-electron chi connectivity index (χ0n) is 10.9. The van der Waals surface area contributed by atoms with Gasteiger partial charge >= 0.3 is 12.0 Å². The van der Waals surface area contributed by atoms with Crippen LogP contribution in [0.5, 0.6) is 0 Å². The van der Waals surface area contributed by atoms with Gasteiger partial charge in [-0.05, 0) is 31.6 Å². The number of nitrogens with one attached hydrogen (secondary N) is 2. The Bertz CT molecular complexity index is 308. The van der Waals surface area contributed by atoms with Crippen LogP contribution in [-0.2, 0) is 4.79 Å². The maximum Gasteiger partial charge on any atom is 0.328 e. The molecular formula is C12H22N2O4.